The van der Waals surface area contributed by atoms with Gasteiger partial charge in [-0.1, -0.05) is 23.2 Å². The van der Waals surface area contributed by atoms with Crippen molar-refractivity contribution in [1.82, 2.24) is 4.98 Å². The lowest BCUT2D eigenvalue weighted by atomic mass is 10.2. The highest BCUT2D eigenvalue weighted by molar-refractivity contribution is 7.98. The number of nitrogens with zero attached hydrogens (tertiary/aromatic N) is 2. The summed E-state index contributed by atoms with van der Waals surface area (Å²) in [4.78, 5) is 4.86. The van der Waals surface area contributed by atoms with Crippen LogP contribution in [0.1, 0.15) is 11.3 Å². The maximum absolute atomic E-state index is 8.77. The minimum absolute atomic E-state index is 0.422. The third-order valence-corrected chi connectivity index (χ3v) is 4.03. The number of hydrogen-bond donors (Lipinski definition) is 0. The van der Waals surface area contributed by atoms with Crippen molar-refractivity contribution in [3.8, 4) is 6.07 Å². The first-order valence-electron chi connectivity index (χ1n) is 5.12. The Kier molecular flexibility index (Phi) is 4.48. The van der Waals surface area contributed by atoms with Crippen LogP contribution in [0.5, 0.6) is 0 Å². The van der Waals surface area contributed by atoms with E-state index in [0.717, 1.165) is 16.2 Å². The van der Waals surface area contributed by atoms with Gasteiger partial charge in [0.25, 0.3) is 0 Å². The molecule has 0 bridgehead atoms. The Balaban J connectivity index is 2.11. The molecule has 18 heavy (non-hydrogen) atoms. The number of aromatic nitrogens is 1. The Bertz CT molecular complexity index is 608. The van der Waals surface area contributed by atoms with Gasteiger partial charge >= 0.3 is 0 Å². The van der Waals surface area contributed by atoms with E-state index in [1.807, 2.05) is 18.2 Å². The van der Waals surface area contributed by atoms with Crippen molar-refractivity contribution in [3.63, 3.8) is 0 Å². The summed E-state index contributed by atoms with van der Waals surface area (Å²) in [5.41, 5.74) is 1.45. The van der Waals surface area contributed by atoms with Gasteiger partial charge in [-0.3, -0.25) is 0 Å². The fourth-order valence-electron chi connectivity index (χ4n) is 1.37. The zero-order valence-corrected chi connectivity index (χ0v) is 11.6. The van der Waals surface area contributed by atoms with Crippen LogP contribution in [0.3, 0.4) is 0 Å². The molecule has 5 heteroatoms. The molecule has 2 nitrogen and oxygen atoms in total. The molecule has 0 aliphatic carbocycles. The van der Waals surface area contributed by atoms with E-state index < -0.39 is 0 Å². The highest BCUT2D eigenvalue weighted by Crippen LogP contribution is 2.31. The van der Waals surface area contributed by atoms with Crippen LogP contribution in [0, 0.1) is 11.3 Å². The summed E-state index contributed by atoms with van der Waals surface area (Å²) in [6.07, 6.45) is 1.63. The minimum Gasteiger partial charge on any atom is -0.246 e. The molecule has 2 rings (SSSR count). The quantitative estimate of drug-likeness (QED) is 0.779. The Morgan fingerprint density at radius 2 is 2.06 bits per heavy atom. The van der Waals surface area contributed by atoms with Crippen LogP contribution in [0.2, 0.25) is 10.0 Å². The molecule has 0 unspecified atom stereocenters. The first-order chi connectivity index (χ1) is 8.69. The summed E-state index contributed by atoms with van der Waals surface area (Å²) >= 11 is 13.6. The van der Waals surface area contributed by atoms with E-state index in [1.165, 1.54) is 0 Å². The number of rotatable bonds is 3. The van der Waals surface area contributed by atoms with E-state index in [0.29, 0.717) is 15.7 Å². The van der Waals surface area contributed by atoms with E-state index in [1.54, 1.807) is 36.2 Å². The van der Waals surface area contributed by atoms with Gasteiger partial charge in [-0.15, -0.1) is 11.8 Å². The molecule has 0 saturated carbocycles. The molecule has 0 spiro atoms. The molecule has 0 aliphatic heterocycles. The van der Waals surface area contributed by atoms with Crippen LogP contribution in [-0.4, -0.2) is 4.98 Å². The van der Waals surface area contributed by atoms with Crippen LogP contribution >= 0.6 is 35.0 Å². The molecule has 0 aliphatic rings. The standard InChI is InChI=1S/C13H8Cl2N2S/c14-10-1-2-12(15)13(6-10)18-8-9-3-4-17-11(5-9)7-16/h1-6H,8H2. The number of pyridine rings is 1. The van der Waals surface area contributed by atoms with Crippen LogP contribution in [0.25, 0.3) is 0 Å². The lowest BCUT2D eigenvalue weighted by molar-refractivity contribution is 1.22. The molecule has 0 atom stereocenters. The smallest absolute Gasteiger partial charge is 0.140 e. The zero-order chi connectivity index (χ0) is 13.0. The van der Waals surface area contributed by atoms with Crippen molar-refractivity contribution in [2.75, 3.05) is 0 Å². The minimum atomic E-state index is 0.422. The van der Waals surface area contributed by atoms with Gasteiger partial charge < -0.3 is 0 Å². The molecule has 0 radical (unpaired) electrons. The maximum Gasteiger partial charge on any atom is 0.140 e. The Morgan fingerprint density at radius 3 is 2.83 bits per heavy atom. The van der Waals surface area contributed by atoms with Crippen LogP contribution in [0.15, 0.2) is 41.4 Å². The van der Waals surface area contributed by atoms with Gasteiger partial charge in [0.2, 0.25) is 0 Å². The van der Waals surface area contributed by atoms with Crippen LogP contribution in [-0.2, 0) is 5.75 Å². The molecule has 1 aromatic carbocycles. The summed E-state index contributed by atoms with van der Waals surface area (Å²) in [7, 11) is 0. The second kappa shape index (κ2) is 6.10. The maximum atomic E-state index is 8.77. The SMILES string of the molecule is N#Cc1cc(CSc2cc(Cl)ccc2Cl)ccn1. The van der Waals surface area contributed by atoms with Gasteiger partial charge in [0.15, 0.2) is 0 Å². The summed E-state index contributed by atoms with van der Waals surface area (Å²) in [5, 5.41) is 10.1. The fraction of sp³-hybridized carbons (Fsp3) is 0.0769. The van der Waals surface area contributed by atoms with Crippen molar-refractivity contribution in [2.45, 2.75) is 10.6 Å². The molecule has 1 aromatic heterocycles. The topological polar surface area (TPSA) is 36.7 Å². The average molecular weight is 295 g/mol. The molecule has 0 saturated heterocycles. The molecular formula is C13H8Cl2N2S. The van der Waals surface area contributed by atoms with Gasteiger partial charge in [-0.2, -0.15) is 5.26 Å². The first kappa shape index (κ1) is 13.2. The number of benzene rings is 1. The Hall–Kier alpha value is -1.21. The summed E-state index contributed by atoms with van der Waals surface area (Å²) < 4.78 is 0. The van der Waals surface area contributed by atoms with E-state index >= 15 is 0 Å². The summed E-state index contributed by atoms with van der Waals surface area (Å²) in [5.74, 6) is 0.720. The third-order valence-electron chi connectivity index (χ3n) is 2.23. The summed E-state index contributed by atoms with van der Waals surface area (Å²) in [6, 6.07) is 11.0. The van der Waals surface area contributed by atoms with Gasteiger partial charge in [0, 0.05) is 21.9 Å². The normalized spacial score (nSPS) is 10.1. The van der Waals surface area contributed by atoms with E-state index in [2.05, 4.69) is 4.98 Å². The van der Waals surface area contributed by atoms with Crippen molar-refractivity contribution in [1.29, 1.82) is 5.26 Å². The van der Waals surface area contributed by atoms with Gasteiger partial charge in [-0.05, 0) is 35.9 Å². The molecule has 1 heterocycles. The number of nitriles is 1. The zero-order valence-electron chi connectivity index (χ0n) is 9.23. The lowest BCUT2D eigenvalue weighted by Crippen LogP contribution is -1.86. The fourth-order valence-corrected chi connectivity index (χ4v) is 2.81. The lowest BCUT2D eigenvalue weighted by Gasteiger charge is -2.05. The first-order valence-corrected chi connectivity index (χ1v) is 6.86. The molecule has 0 amide bonds. The van der Waals surface area contributed by atoms with Crippen molar-refractivity contribution >= 4 is 35.0 Å². The highest BCUT2D eigenvalue weighted by Gasteiger charge is 2.03. The van der Waals surface area contributed by atoms with E-state index in [4.69, 9.17) is 28.5 Å². The number of thioether (sulfide) groups is 1. The van der Waals surface area contributed by atoms with Crippen molar-refractivity contribution in [3.05, 3.63) is 57.8 Å². The van der Waals surface area contributed by atoms with Gasteiger partial charge in [0.05, 0.1) is 5.02 Å². The highest BCUT2D eigenvalue weighted by atomic mass is 35.5. The van der Waals surface area contributed by atoms with Crippen molar-refractivity contribution < 1.29 is 0 Å². The van der Waals surface area contributed by atoms with Crippen LogP contribution in [0.4, 0.5) is 0 Å². The van der Waals surface area contributed by atoms with Crippen LogP contribution < -0.4 is 0 Å². The third kappa shape index (κ3) is 3.39. The molecule has 2 aromatic rings. The second-order valence-electron chi connectivity index (χ2n) is 3.52. The number of halogens is 2. The van der Waals surface area contributed by atoms with Gasteiger partial charge in [0.1, 0.15) is 11.8 Å². The van der Waals surface area contributed by atoms with Crippen molar-refractivity contribution in [2.24, 2.45) is 0 Å². The second-order valence-corrected chi connectivity index (χ2v) is 5.39. The predicted molar refractivity (Wildman–Crippen MR) is 75.0 cm³/mol. The Morgan fingerprint density at radius 1 is 1.22 bits per heavy atom. The van der Waals surface area contributed by atoms with E-state index in [9.17, 15) is 0 Å². The Labute approximate surface area is 120 Å². The molecular weight excluding hydrogens is 287 g/mol. The molecule has 0 N–H and O–H groups in total. The average Bonchev–Trinajstić information content (AvgIpc) is 2.40. The predicted octanol–water partition coefficient (Wildman–Crippen LogP) is 4.55. The summed E-state index contributed by atoms with van der Waals surface area (Å²) in [6.45, 7) is 0. The van der Waals surface area contributed by atoms with E-state index in [-0.39, 0.29) is 0 Å². The monoisotopic (exact) mass is 294 g/mol. The number of hydrogen-bond acceptors (Lipinski definition) is 3. The molecule has 90 valence electrons. The largest absolute Gasteiger partial charge is 0.246 e. The van der Waals surface area contributed by atoms with Gasteiger partial charge in [-0.25, -0.2) is 4.98 Å². The molecule has 0 fully saturated rings.